The van der Waals surface area contributed by atoms with E-state index < -0.39 is 0 Å². The minimum absolute atomic E-state index is 0.147. The number of benzene rings is 1. The van der Waals surface area contributed by atoms with Gasteiger partial charge in [0.15, 0.2) is 0 Å². The van der Waals surface area contributed by atoms with Gasteiger partial charge in [0.1, 0.15) is 5.82 Å². The maximum Gasteiger partial charge on any atom is 0.123 e. The number of nitrogens with one attached hydrogen (secondary N) is 1. The van der Waals surface area contributed by atoms with Gasteiger partial charge in [-0.15, -0.1) is 0 Å². The fourth-order valence-corrected chi connectivity index (χ4v) is 2.47. The van der Waals surface area contributed by atoms with Crippen molar-refractivity contribution in [2.24, 2.45) is 0 Å². The van der Waals surface area contributed by atoms with Crippen molar-refractivity contribution in [3.63, 3.8) is 0 Å². The quantitative estimate of drug-likeness (QED) is 0.847. The molecule has 0 spiro atoms. The highest BCUT2D eigenvalue weighted by atomic mass is 19.1. The molecular formula is C14H20FNO. The molecule has 2 rings (SSSR count). The Bertz CT molecular complexity index is 352. The minimum Gasteiger partial charge on any atom is -0.392 e. The van der Waals surface area contributed by atoms with Crippen molar-refractivity contribution in [1.82, 2.24) is 5.32 Å². The van der Waals surface area contributed by atoms with Crippen LogP contribution in [0.15, 0.2) is 24.3 Å². The number of hydrogen-bond acceptors (Lipinski definition) is 2. The molecule has 3 heteroatoms. The molecule has 1 aliphatic rings. The van der Waals surface area contributed by atoms with Gasteiger partial charge in [-0.05, 0) is 37.5 Å². The van der Waals surface area contributed by atoms with Gasteiger partial charge in [-0.3, -0.25) is 0 Å². The molecule has 1 fully saturated rings. The number of aliphatic hydroxyl groups is 1. The van der Waals surface area contributed by atoms with Crippen molar-refractivity contribution >= 4 is 0 Å². The van der Waals surface area contributed by atoms with Crippen molar-refractivity contribution in [3.05, 3.63) is 35.6 Å². The van der Waals surface area contributed by atoms with Crippen LogP contribution in [0.3, 0.4) is 0 Å². The van der Waals surface area contributed by atoms with E-state index in [0.29, 0.717) is 0 Å². The minimum atomic E-state index is -0.244. The molecule has 0 amide bonds. The van der Waals surface area contributed by atoms with Gasteiger partial charge in [-0.1, -0.05) is 25.0 Å². The van der Waals surface area contributed by atoms with Crippen LogP contribution in [0, 0.1) is 5.82 Å². The van der Waals surface area contributed by atoms with Crippen LogP contribution in [-0.2, 0) is 0 Å². The Labute approximate surface area is 102 Å². The molecule has 0 aliphatic heterocycles. The second-order valence-corrected chi connectivity index (χ2v) is 4.90. The molecule has 0 radical (unpaired) electrons. The molecule has 0 aromatic heterocycles. The van der Waals surface area contributed by atoms with Gasteiger partial charge in [0.2, 0.25) is 0 Å². The predicted molar refractivity (Wildman–Crippen MR) is 66.2 cm³/mol. The fourth-order valence-electron chi connectivity index (χ4n) is 2.47. The van der Waals surface area contributed by atoms with E-state index in [-0.39, 0.29) is 24.0 Å². The van der Waals surface area contributed by atoms with Crippen LogP contribution < -0.4 is 5.32 Å². The summed E-state index contributed by atoms with van der Waals surface area (Å²) in [5.41, 5.74) is 1.06. The number of rotatable bonds is 3. The Morgan fingerprint density at radius 1 is 1.24 bits per heavy atom. The molecule has 2 nitrogen and oxygen atoms in total. The van der Waals surface area contributed by atoms with Gasteiger partial charge in [0, 0.05) is 12.1 Å². The van der Waals surface area contributed by atoms with E-state index in [0.717, 1.165) is 24.8 Å². The van der Waals surface area contributed by atoms with E-state index in [2.05, 4.69) is 12.2 Å². The summed E-state index contributed by atoms with van der Waals surface area (Å²) >= 11 is 0. The molecular weight excluding hydrogens is 217 g/mol. The van der Waals surface area contributed by atoms with Gasteiger partial charge in [0.25, 0.3) is 0 Å². The Hall–Kier alpha value is -0.930. The second kappa shape index (κ2) is 5.61. The van der Waals surface area contributed by atoms with Crippen LogP contribution in [0.1, 0.15) is 44.2 Å². The van der Waals surface area contributed by atoms with Crippen molar-refractivity contribution in [2.75, 3.05) is 0 Å². The van der Waals surface area contributed by atoms with Gasteiger partial charge < -0.3 is 10.4 Å². The van der Waals surface area contributed by atoms with Crippen LogP contribution in [0.25, 0.3) is 0 Å². The normalized spacial score (nSPS) is 26.8. The molecule has 0 bridgehead atoms. The van der Waals surface area contributed by atoms with Crippen LogP contribution >= 0.6 is 0 Å². The van der Waals surface area contributed by atoms with Crippen molar-refractivity contribution in [1.29, 1.82) is 0 Å². The first-order valence-electron chi connectivity index (χ1n) is 6.36. The predicted octanol–water partition coefficient (Wildman–Crippen LogP) is 2.78. The first kappa shape index (κ1) is 12.5. The van der Waals surface area contributed by atoms with E-state index in [1.165, 1.54) is 18.6 Å². The van der Waals surface area contributed by atoms with Gasteiger partial charge >= 0.3 is 0 Å². The zero-order valence-electron chi connectivity index (χ0n) is 10.2. The standard InChI is InChI=1S/C14H20FNO/c1-10(11-6-8-12(15)9-7-11)16-13-4-2-3-5-14(13)17/h6-10,13-14,16-17H,2-5H2,1H3/t10-,13-,14-/m0/s1. The second-order valence-electron chi connectivity index (χ2n) is 4.90. The summed E-state index contributed by atoms with van der Waals surface area (Å²) in [5, 5.41) is 13.3. The van der Waals surface area contributed by atoms with E-state index in [4.69, 9.17) is 0 Å². The van der Waals surface area contributed by atoms with Gasteiger partial charge in [-0.2, -0.15) is 0 Å². The maximum atomic E-state index is 12.8. The summed E-state index contributed by atoms with van der Waals surface area (Å²) in [7, 11) is 0. The average Bonchev–Trinajstić information content (AvgIpc) is 2.33. The van der Waals surface area contributed by atoms with Gasteiger partial charge in [-0.25, -0.2) is 4.39 Å². The third-order valence-electron chi connectivity index (χ3n) is 3.56. The topological polar surface area (TPSA) is 32.3 Å². The molecule has 0 unspecified atom stereocenters. The Kier molecular flexibility index (Phi) is 4.13. The lowest BCUT2D eigenvalue weighted by atomic mass is 9.91. The van der Waals surface area contributed by atoms with E-state index in [9.17, 15) is 9.50 Å². The van der Waals surface area contributed by atoms with Crippen molar-refractivity contribution < 1.29 is 9.50 Å². The first-order valence-corrected chi connectivity index (χ1v) is 6.36. The highest BCUT2D eigenvalue weighted by Gasteiger charge is 2.24. The molecule has 1 aromatic carbocycles. The van der Waals surface area contributed by atoms with Crippen LogP contribution in [-0.4, -0.2) is 17.3 Å². The number of halogens is 1. The molecule has 2 N–H and O–H groups in total. The highest BCUT2D eigenvalue weighted by molar-refractivity contribution is 5.19. The third-order valence-corrected chi connectivity index (χ3v) is 3.56. The molecule has 17 heavy (non-hydrogen) atoms. The third kappa shape index (κ3) is 3.27. The summed E-state index contributed by atoms with van der Waals surface area (Å²) in [6.45, 7) is 2.05. The summed E-state index contributed by atoms with van der Waals surface area (Å²) < 4.78 is 12.8. The molecule has 1 aliphatic carbocycles. The lowest BCUT2D eigenvalue weighted by molar-refractivity contribution is 0.0860. The number of aliphatic hydroxyl groups excluding tert-OH is 1. The summed E-state index contributed by atoms with van der Waals surface area (Å²) in [5.74, 6) is -0.210. The lowest BCUT2D eigenvalue weighted by Gasteiger charge is -2.31. The molecule has 0 heterocycles. The summed E-state index contributed by atoms with van der Waals surface area (Å²) in [4.78, 5) is 0. The largest absolute Gasteiger partial charge is 0.392 e. The highest BCUT2D eigenvalue weighted by Crippen LogP contribution is 2.22. The monoisotopic (exact) mass is 237 g/mol. The van der Waals surface area contributed by atoms with Crippen molar-refractivity contribution in [3.8, 4) is 0 Å². The van der Waals surface area contributed by atoms with E-state index >= 15 is 0 Å². The lowest BCUT2D eigenvalue weighted by Crippen LogP contribution is -2.43. The first-order chi connectivity index (χ1) is 8.16. The smallest absolute Gasteiger partial charge is 0.123 e. The summed E-state index contributed by atoms with van der Waals surface area (Å²) in [6, 6.07) is 6.86. The SMILES string of the molecule is C[C@H](N[C@H]1CCCC[C@@H]1O)c1ccc(F)cc1. The average molecular weight is 237 g/mol. The molecule has 1 saturated carbocycles. The Morgan fingerprint density at radius 2 is 1.88 bits per heavy atom. The van der Waals surface area contributed by atoms with Crippen LogP contribution in [0.4, 0.5) is 4.39 Å². The summed E-state index contributed by atoms with van der Waals surface area (Å²) in [6.07, 6.45) is 3.95. The zero-order valence-corrected chi connectivity index (χ0v) is 10.2. The Balaban J connectivity index is 1.95. The van der Waals surface area contributed by atoms with E-state index in [1.807, 2.05) is 0 Å². The van der Waals surface area contributed by atoms with Crippen LogP contribution in [0.5, 0.6) is 0 Å². The molecule has 0 saturated heterocycles. The molecule has 3 atom stereocenters. The number of hydrogen-bond donors (Lipinski definition) is 2. The maximum absolute atomic E-state index is 12.8. The fraction of sp³-hybridized carbons (Fsp3) is 0.571. The Morgan fingerprint density at radius 3 is 2.53 bits per heavy atom. The van der Waals surface area contributed by atoms with Crippen LogP contribution in [0.2, 0.25) is 0 Å². The van der Waals surface area contributed by atoms with Gasteiger partial charge in [0.05, 0.1) is 6.10 Å². The van der Waals surface area contributed by atoms with E-state index in [1.54, 1.807) is 12.1 Å². The zero-order chi connectivity index (χ0) is 12.3. The van der Waals surface area contributed by atoms with Crippen molar-refractivity contribution in [2.45, 2.75) is 50.8 Å². The molecule has 1 aromatic rings. The molecule has 94 valence electrons.